The highest BCUT2D eigenvalue weighted by atomic mass is 32.1. The van der Waals surface area contributed by atoms with Gasteiger partial charge in [0.05, 0.1) is 27.9 Å². The zero-order chi connectivity index (χ0) is 15.7. The van der Waals surface area contributed by atoms with Crippen molar-refractivity contribution in [3.8, 4) is 0 Å². The van der Waals surface area contributed by atoms with E-state index in [9.17, 15) is 0 Å². The fourth-order valence-electron chi connectivity index (χ4n) is 2.56. The molecule has 0 aliphatic heterocycles. The predicted molar refractivity (Wildman–Crippen MR) is 92.5 cm³/mol. The number of furan rings is 1. The minimum atomic E-state index is 0.440. The standard InChI is InChI=1S/C17H21N3OS/c1-10(19-3)7-15-11(2)16-17(22-15)14(18)9-12(20-16)8-13-5-4-6-21-13/h4-6,9-10,19H,7-8H2,1-3H3,(H2,18,20)/t10-/m0/s1. The minimum absolute atomic E-state index is 0.440. The number of rotatable bonds is 5. The summed E-state index contributed by atoms with van der Waals surface area (Å²) < 4.78 is 6.50. The van der Waals surface area contributed by atoms with Crippen LogP contribution in [-0.2, 0) is 12.8 Å². The van der Waals surface area contributed by atoms with E-state index in [0.29, 0.717) is 12.5 Å². The molecule has 3 N–H and O–H groups in total. The van der Waals surface area contributed by atoms with Gasteiger partial charge in [0.25, 0.3) is 0 Å². The minimum Gasteiger partial charge on any atom is -0.469 e. The van der Waals surface area contributed by atoms with E-state index in [4.69, 9.17) is 15.1 Å². The molecule has 0 saturated carbocycles. The Kier molecular flexibility index (Phi) is 4.18. The van der Waals surface area contributed by atoms with E-state index < -0.39 is 0 Å². The van der Waals surface area contributed by atoms with Crippen LogP contribution in [0.5, 0.6) is 0 Å². The third-order valence-electron chi connectivity index (χ3n) is 3.97. The van der Waals surface area contributed by atoms with Crippen LogP contribution >= 0.6 is 11.3 Å². The summed E-state index contributed by atoms with van der Waals surface area (Å²) in [6.45, 7) is 4.32. The zero-order valence-corrected chi connectivity index (χ0v) is 14.0. The van der Waals surface area contributed by atoms with E-state index in [1.165, 1.54) is 10.4 Å². The summed E-state index contributed by atoms with van der Waals surface area (Å²) in [4.78, 5) is 6.17. The highest BCUT2D eigenvalue weighted by Gasteiger charge is 2.15. The third-order valence-corrected chi connectivity index (χ3v) is 5.33. The SMILES string of the molecule is CN[C@@H](C)Cc1sc2c(N)cc(Cc3ccco3)nc2c1C. The Morgan fingerprint density at radius 3 is 2.95 bits per heavy atom. The van der Waals surface area contributed by atoms with Gasteiger partial charge in [-0.05, 0) is 51.1 Å². The van der Waals surface area contributed by atoms with E-state index in [1.54, 1.807) is 17.6 Å². The lowest BCUT2D eigenvalue weighted by molar-refractivity contribution is 0.519. The van der Waals surface area contributed by atoms with Gasteiger partial charge >= 0.3 is 0 Å². The number of likely N-dealkylation sites (N-methyl/N-ethyl adjacent to an activating group) is 1. The fraction of sp³-hybridized carbons (Fsp3) is 0.353. The number of thiophene rings is 1. The van der Waals surface area contributed by atoms with Gasteiger partial charge in [0.15, 0.2) is 0 Å². The highest BCUT2D eigenvalue weighted by molar-refractivity contribution is 7.19. The van der Waals surface area contributed by atoms with Crippen LogP contribution in [0.15, 0.2) is 28.9 Å². The third kappa shape index (κ3) is 2.87. The van der Waals surface area contributed by atoms with Crippen LogP contribution in [0.25, 0.3) is 10.2 Å². The van der Waals surface area contributed by atoms with Crippen LogP contribution in [0.2, 0.25) is 0 Å². The number of anilines is 1. The molecule has 0 unspecified atom stereocenters. The van der Waals surface area contributed by atoms with Gasteiger partial charge in [-0.25, -0.2) is 0 Å². The Balaban J connectivity index is 1.99. The number of aromatic nitrogens is 1. The maximum atomic E-state index is 6.26. The first-order chi connectivity index (χ1) is 10.6. The Morgan fingerprint density at radius 1 is 1.45 bits per heavy atom. The second-order valence-corrected chi connectivity index (χ2v) is 6.79. The monoisotopic (exact) mass is 315 g/mol. The predicted octanol–water partition coefficient (Wildman–Crippen LogP) is 3.52. The van der Waals surface area contributed by atoms with Crippen LogP contribution in [0.1, 0.15) is 28.8 Å². The summed E-state index contributed by atoms with van der Waals surface area (Å²) in [6.07, 6.45) is 3.35. The maximum absolute atomic E-state index is 6.26. The molecule has 0 spiro atoms. The maximum Gasteiger partial charge on any atom is 0.109 e. The number of hydrogen-bond donors (Lipinski definition) is 2. The van der Waals surface area contributed by atoms with Crippen LogP contribution < -0.4 is 11.1 Å². The fourth-order valence-corrected chi connectivity index (χ4v) is 3.86. The first-order valence-electron chi connectivity index (χ1n) is 7.45. The molecular weight excluding hydrogens is 294 g/mol. The van der Waals surface area contributed by atoms with E-state index >= 15 is 0 Å². The summed E-state index contributed by atoms with van der Waals surface area (Å²) in [5.41, 5.74) is 10.3. The van der Waals surface area contributed by atoms with Gasteiger partial charge in [0, 0.05) is 17.3 Å². The Bertz CT molecular complexity index is 777. The molecular formula is C17H21N3OS. The van der Waals surface area contributed by atoms with Crippen molar-refractivity contribution in [3.63, 3.8) is 0 Å². The molecule has 22 heavy (non-hydrogen) atoms. The quantitative estimate of drug-likeness (QED) is 0.756. The lowest BCUT2D eigenvalue weighted by Crippen LogP contribution is -2.23. The molecule has 0 saturated heterocycles. The lowest BCUT2D eigenvalue weighted by Gasteiger charge is -2.08. The van der Waals surface area contributed by atoms with Crippen molar-refractivity contribution < 1.29 is 4.42 Å². The second kappa shape index (κ2) is 6.10. The van der Waals surface area contributed by atoms with Crippen molar-refractivity contribution in [2.45, 2.75) is 32.7 Å². The highest BCUT2D eigenvalue weighted by Crippen LogP contribution is 2.35. The molecule has 3 rings (SSSR count). The summed E-state index contributed by atoms with van der Waals surface area (Å²) >= 11 is 1.76. The van der Waals surface area contributed by atoms with Crippen molar-refractivity contribution in [1.82, 2.24) is 10.3 Å². The molecule has 0 aliphatic rings. The average Bonchev–Trinajstić information content (AvgIpc) is 3.10. The van der Waals surface area contributed by atoms with Crippen LogP contribution in [0.4, 0.5) is 5.69 Å². The number of nitrogens with zero attached hydrogens (tertiary/aromatic N) is 1. The molecule has 116 valence electrons. The van der Waals surface area contributed by atoms with Crippen LogP contribution in [0, 0.1) is 6.92 Å². The molecule has 0 fully saturated rings. The van der Waals surface area contributed by atoms with E-state index in [0.717, 1.165) is 33.8 Å². The summed E-state index contributed by atoms with van der Waals surface area (Å²) in [7, 11) is 1.99. The van der Waals surface area contributed by atoms with Gasteiger partial charge < -0.3 is 15.5 Å². The number of hydrogen-bond acceptors (Lipinski definition) is 5. The number of nitrogens with one attached hydrogen (secondary N) is 1. The van der Waals surface area contributed by atoms with Gasteiger partial charge in [-0.1, -0.05) is 0 Å². The van der Waals surface area contributed by atoms with Crippen molar-refractivity contribution in [2.24, 2.45) is 0 Å². The molecule has 5 heteroatoms. The van der Waals surface area contributed by atoms with Crippen LogP contribution in [0.3, 0.4) is 0 Å². The molecule has 4 nitrogen and oxygen atoms in total. The van der Waals surface area contributed by atoms with Gasteiger partial charge in [-0.2, -0.15) is 0 Å². The Hall–Kier alpha value is -1.85. The van der Waals surface area contributed by atoms with Gasteiger partial charge in [-0.15, -0.1) is 11.3 Å². The molecule has 0 amide bonds. The Labute approximate surface area is 134 Å². The van der Waals surface area contributed by atoms with Gasteiger partial charge in [-0.3, -0.25) is 4.98 Å². The average molecular weight is 315 g/mol. The molecule has 0 aliphatic carbocycles. The smallest absolute Gasteiger partial charge is 0.109 e. The molecule has 0 radical (unpaired) electrons. The van der Waals surface area contributed by atoms with E-state index in [2.05, 4.69) is 19.2 Å². The normalized spacial score (nSPS) is 12.9. The topological polar surface area (TPSA) is 64.1 Å². The molecule has 1 atom stereocenters. The second-order valence-electron chi connectivity index (χ2n) is 5.68. The summed E-state index contributed by atoms with van der Waals surface area (Å²) in [5, 5.41) is 3.28. The van der Waals surface area contributed by atoms with Crippen molar-refractivity contribution in [2.75, 3.05) is 12.8 Å². The van der Waals surface area contributed by atoms with Gasteiger partial charge in [0.1, 0.15) is 5.76 Å². The Morgan fingerprint density at radius 2 is 2.27 bits per heavy atom. The van der Waals surface area contributed by atoms with Gasteiger partial charge in [0.2, 0.25) is 0 Å². The zero-order valence-electron chi connectivity index (χ0n) is 13.1. The number of nitrogens with two attached hydrogens (primary N) is 1. The van der Waals surface area contributed by atoms with E-state index in [1.807, 2.05) is 25.2 Å². The van der Waals surface area contributed by atoms with Crippen molar-refractivity contribution in [3.05, 3.63) is 46.4 Å². The van der Waals surface area contributed by atoms with Crippen molar-refractivity contribution in [1.29, 1.82) is 0 Å². The first-order valence-corrected chi connectivity index (χ1v) is 8.27. The number of pyridine rings is 1. The lowest BCUT2D eigenvalue weighted by atomic mass is 10.1. The molecule has 3 aromatic rings. The van der Waals surface area contributed by atoms with E-state index in [-0.39, 0.29) is 0 Å². The molecule has 3 aromatic heterocycles. The number of aryl methyl sites for hydroxylation is 1. The molecule has 3 heterocycles. The number of nitrogen functional groups attached to an aromatic ring is 1. The molecule has 0 bridgehead atoms. The summed E-state index contributed by atoms with van der Waals surface area (Å²) in [6, 6.07) is 6.26. The molecule has 0 aromatic carbocycles. The van der Waals surface area contributed by atoms with Crippen LogP contribution in [-0.4, -0.2) is 18.1 Å². The number of fused-ring (bicyclic) bond motifs is 1. The van der Waals surface area contributed by atoms with Crippen molar-refractivity contribution >= 4 is 27.2 Å². The first kappa shape index (κ1) is 15.1. The summed E-state index contributed by atoms with van der Waals surface area (Å²) in [5.74, 6) is 0.906. The largest absolute Gasteiger partial charge is 0.469 e.